The van der Waals surface area contributed by atoms with Gasteiger partial charge in [-0.2, -0.15) is 0 Å². The molecule has 4 nitrogen and oxygen atoms in total. The van der Waals surface area contributed by atoms with Crippen LogP contribution in [0, 0.1) is 0 Å². The number of hydrogen-bond acceptors (Lipinski definition) is 4. The zero-order valence-corrected chi connectivity index (χ0v) is 11.4. The van der Waals surface area contributed by atoms with Crippen molar-refractivity contribution in [1.29, 1.82) is 0 Å². The van der Waals surface area contributed by atoms with E-state index in [2.05, 4.69) is 0 Å². The van der Waals surface area contributed by atoms with Crippen molar-refractivity contribution in [1.82, 2.24) is 0 Å². The largest absolute Gasteiger partial charge is 0.668 e. The van der Waals surface area contributed by atoms with E-state index in [1.54, 1.807) is 0 Å². The molecule has 7 heavy (non-hydrogen) atoms. The molecule has 0 amide bonds. The summed E-state index contributed by atoms with van der Waals surface area (Å²) in [6, 6.07) is 0. The molecule has 4 N–H and O–H groups in total. The predicted octanol–water partition coefficient (Wildman–Crippen LogP) is -2.99. The summed E-state index contributed by atoms with van der Waals surface area (Å²) in [7, 11) is -4.61. The smallest absolute Gasteiger partial charge is 0.368 e. The van der Waals surface area contributed by atoms with Crippen molar-refractivity contribution < 1.29 is 38.7 Å². The summed E-state index contributed by atoms with van der Waals surface area (Å²) in [6.45, 7) is 0. The summed E-state index contributed by atoms with van der Waals surface area (Å²) in [5.41, 5.74) is 0. The van der Waals surface area contributed by atoms with Gasteiger partial charge in [-0.05, 0) is 0 Å². The predicted molar refractivity (Wildman–Crippen MR) is 20.4 cm³/mol. The van der Waals surface area contributed by atoms with E-state index in [4.69, 9.17) is 19.2 Å². The molecular weight excluding hydrogens is 365 g/mol. The molecule has 0 saturated carbocycles. The quantitative estimate of drug-likeness (QED) is 0.344. The van der Waals surface area contributed by atoms with Gasteiger partial charge >= 0.3 is 9.05 Å². The SMILES string of the molecule is O[Si](O)(O)O.[Pb].[Zn]. The van der Waals surface area contributed by atoms with E-state index in [1.807, 2.05) is 0 Å². The summed E-state index contributed by atoms with van der Waals surface area (Å²) >= 11 is 0. The van der Waals surface area contributed by atoms with Gasteiger partial charge in [0.15, 0.2) is 0 Å². The Balaban J connectivity index is -0.0000000800. The Morgan fingerprint density at radius 1 is 0.857 bits per heavy atom. The number of hydrogen-bond donors (Lipinski definition) is 4. The van der Waals surface area contributed by atoms with Crippen LogP contribution in [-0.2, 0) is 19.5 Å². The van der Waals surface area contributed by atoms with E-state index in [1.165, 1.54) is 0 Å². The molecule has 0 aliphatic rings. The molecule has 0 heterocycles. The molecule has 0 aromatic carbocycles. The fourth-order valence-electron chi connectivity index (χ4n) is 0. The van der Waals surface area contributed by atoms with Crippen molar-refractivity contribution >= 4 is 36.3 Å². The summed E-state index contributed by atoms with van der Waals surface area (Å²) in [5.74, 6) is 0. The Morgan fingerprint density at radius 2 is 0.857 bits per heavy atom. The molecular formula is H4O4PbSiZn. The summed E-state index contributed by atoms with van der Waals surface area (Å²) in [4.78, 5) is 29.3. The molecule has 0 unspecified atom stereocenters. The van der Waals surface area contributed by atoms with Crippen LogP contribution in [0.15, 0.2) is 0 Å². The van der Waals surface area contributed by atoms with Gasteiger partial charge in [0.2, 0.25) is 0 Å². The molecule has 0 aromatic heterocycles. The van der Waals surface area contributed by atoms with Crippen molar-refractivity contribution in [2.75, 3.05) is 0 Å². The van der Waals surface area contributed by atoms with Crippen LogP contribution in [0.25, 0.3) is 0 Å². The fraction of sp³-hybridized carbons (Fsp3) is 0. The topological polar surface area (TPSA) is 80.9 Å². The van der Waals surface area contributed by atoms with Gasteiger partial charge in [-0.25, -0.2) is 0 Å². The van der Waals surface area contributed by atoms with Crippen LogP contribution in [0.2, 0.25) is 0 Å². The summed E-state index contributed by atoms with van der Waals surface area (Å²) in [5, 5.41) is 0. The fourth-order valence-corrected chi connectivity index (χ4v) is 0. The second kappa shape index (κ2) is 5.73. The van der Waals surface area contributed by atoms with Crippen LogP contribution in [-0.4, -0.2) is 55.5 Å². The van der Waals surface area contributed by atoms with Crippen molar-refractivity contribution in [2.24, 2.45) is 0 Å². The molecule has 0 rings (SSSR count). The molecule has 0 saturated heterocycles. The number of rotatable bonds is 0. The standard InChI is InChI=1S/H4O4Si.Pb.Zn/c1-5(2,3)4;;/h1-4H;;. The first kappa shape index (κ1) is 15.8. The second-order valence-electron chi connectivity index (χ2n) is 0.600. The van der Waals surface area contributed by atoms with Gasteiger partial charge in [-0.1, -0.05) is 0 Å². The van der Waals surface area contributed by atoms with Crippen molar-refractivity contribution in [3.63, 3.8) is 0 Å². The zero-order valence-electron chi connectivity index (χ0n) is 3.50. The molecule has 0 spiro atoms. The minimum absolute atomic E-state index is 0. The molecule has 0 bridgehead atoms. The average molecular weight is 369 g/mol. The Morgan fingerprint density at radius 3 is 0.857 bits per heavy atom. The third-order valence-corrected chi connectivity index (χ3v) is 0. The minimum atomic E-state index is -4.61. The summed E-state index contributed by atoms with van der Waals surface area (Å²) in [6.07, 6.45) is 0. The van der Waals surface area contributed by atoms with E-state index in [9.17, 15) is 0 Å². The van der Waals surface area contributed by atoms with E-state index in [0.717, 1.165) is 0 Å². The van der Waals surface area contributed by atoms with E-state index in [0.29, 0.717) is 0 Å². The van der Waals surface area contributed by atoms with Gasteiger partial charge in [-0.15, -0.1) is 0 Å². The van der Waals surface area contributed by atoms with Crippen LogP contribution < -0.4 is 0 Å². The van der Waals surface area contributed by atoms with Gasteiger partial charge in [0.05, 0.1) is 0 Å². The van der Waals surface area contributed by atoms with Crippen LogP contribution >= 0.6 is 0 Å². The third-order valence-electron chi connectivity index (χ3n) is 0. The minimum Gasteiger partial charge on any atom is -0.368 e. The van der Waals surface area contributed by atoms with E-state index >= 15 is 0 Å². The van der Waals surface area contributed by atoms with Gasteiger partial charge in [0.25, 0.3) is 0 Å². The van der Waals surface area contributed by atoms with Crippen LogP contribution in [0.4, 0.5) is 0 Å². The first-order valence-electron chi connectivity index (χ1n) is 0.894. The summed E-state index contributed by atoms with van der Waals surface area (Å²) < 4.78 is 0. The Kier molecular flexibility index (Phi) is 13.0. The monoisotopic (exact) mass is 368 g/mol. The molecule has 4 radical (unpaired) electrons. The maximum absolute atomic E-state index is 7.33. The molecule has 0 aliphatic carbocycles. The van der Waals surface area contributed by atoms with Crippen molar-refractivity contribution in [2.45, 2.75) is 0 Å². The van der Waals surface area contributed by atoms with Gasteiger partial charge in [0.1, 0.15) is 0 Å². The van der Waals surface area contributed by atoms with Crippen LogP contribution in [0.3, 0.4) is 0 Å². The molecule has 0 fully saturated rings. The van der Waals surface area contributed by atoms with Crippen molar-refractivity contribution in [3.05, 3.63) is 0 Å². The molecule has 0 aliphatic heterocycles. The van der Waals surface area contributed by atoms with Crippen molar-refractivity contribution in [3.8, 4) is 0 Å². The normalized spacial score (nSPS) is 8.57. The Labute approximate surface area is 74.6 Å². The van der Waals surface area contributed by atoms with Gasteiger partial charge < -0.3 is 19.2 Å². The molecule has 38 valence electrons. The third kappa shape index (κ3) is 92.9. The average Bonchev–Trinajstić information content (AvgIpc) is 0.722. The second-order valence-corrected chi connectivity index (χ2v) is 1.80. The maximum atomic E-state index is 7.33. The van der Waals surface area contributed by atoms with Gasteiger partial charge in [0, 0.05) is 46.8 Å². The van der Waals surface area contributed by atoms with E-state index < -0.39 is 9.05 Å². The Hall–Kier alpha value is 1.60. The van der Waals surface area contributed by atoms with Gasteiger partial charge in [-0.3, -0.25) is 0 Å². The molecule has 0 atom stereocenters. The molecule has 7 heteroatoms. The molecule has 0 aromatic rings. The van der Waals surface area contributed by atoms with Crippen LogP contribution in [0.5, 0.6) is 0 Å². The zero-order chi connectivity index (χ0) is 4.50. The van der Waals surface area contributed by atoms with E-state index in [-0.39, 0.29) is 46.8 Å². The maximum Gasteiger partial charge on any atom is 0.668 e. The van der Waals surface area contributed by atoms with Crippen LogP contribution in [0.1, 0.15) is 0 Å². The Bertz CT molecular complexity index is 27.2. The first-order valence-corrected chi connectivity index (χ1v) is 2.68. The first-order chi connectivity index (χ1) is 2.00.